The molecule has 0 aliphatic heterocycles. The molecule has 1 rings (SSSR count). The molecule has 0 aliphatic carbocycles. The van der Waals surface area contributed by atoms with Gasteiger partial charge in [0.15, 0.2) is 12.0 Å². The summed E-state index contributed by atoms with van der Waals surface area (Å²) in [6.45, 7) is 1.90. The summed E-state index contributed by atoms with van der Waals surface area (Å²) in [7, 11) is 0. The maximum atomic E-state index is 10.9. The fourth-order valence-electron chi connectivity index (χ4n) is 1.37. The average molecular weight is 488 g/mol. The minimum atomic E-state index is -0.0247. The van der Waals surface area contributed by atoms with Crippen LogP contribution in [0.1, 0.15) is 23.7 Å². The van der Waals surface area contributed by atoms with E-state index in [0.717, 1.165) is 0 Å². The first kappa shape index (κ1) is 16.3. The van der Waals surface area contributed by atoms with Crippen molar-refractivity contribution in [2.75, 3.05) is 13.1 Å². The van der Waals surface area contributed by atoms with Crippen LogP contribution in [0.2, 0.25) is 0 Å². The maximum absolute atomic E-state index is 10.9. The summed E-state index contributed by atoms with van der Waals surface area (Å²) >= 11 is 3.98. The predicted octanol–water partition coefficient (Wildman–Crippen LogP) is 2.85. The molecule has 0 fully saturated rings. The highest BCUT2D eigenvalue weighted by Gasteiger charge is 2.16. The van der Waals surface area contributed by atoms with Crippen molar-refractivity contribution in [2.24, 2.45) is 10.8 Å². The summed E-state index contributed by atoms with van der Waals surface area (Å²) in [5, 5.41) is 16.0. The van der Waals surface area contributed by atoms with Gasteiger partial charge in [0.05, 0.1) is 33.1 Å². The summed E-state index contributed by atoms with van der Waals surface area (Å²) in [4.78, 5) is 10.9. The normalized spacial score (nSPS) is 11.2. The smallest absolute Gasteiger partial charge is 0.165 e. The number of aldehydes is 1. The second-order valence-electron chi connectivity index (χ2n) is 3.57. The summed E-state index contributed by atoms with van der Waals surface area (Å²) in [6.07, 6.45) is 1.31. The van der Waals surface area contributed by atoms with Gasteiger partial charge in [-0.25, -0.2) is 0 Å². The number of hydrazone groups is 1. The van der Waals surface area contributed by atoms with Crippen LogP contribution in [0.5, 0.6) is 5.75 Å². The molecule has 19 heavy (non-hydrogen) atoms. The van der Waals surface area contributed by atoms with Crippen LogP contribution in [-0.2, 0) is 0 Å². The Kier molecular flexibility index (Phi) is 6.62. The summed E-state index contributed by atoms with van der Waals surface area (Å²) < 4.78 is 3.30. The van der Waals surface area contributed by atoms with E-state index >= 15 is 0 Å². The Labute approximate surface area is 139 Å². The van der Waals surface area contributed by atoms with Crippen LogP contribution < -0.4 is 14.3 Å². The summed E-state index contributed by atoms with van der Waals surface area (Å²) in [5.74, 6) is 0.447. The molecule has 0 radical (unpaired) electrons. The van der Waals surface area contributed by atoms with Crippen LogP contribution in [-0.4, -0.2) is 21.8 Å². The third-order valence-electron chi connectivity index (χ3n) is 2.41. The maximum Gasteiger partial charge on any atom is 0.165 e. The number of halogens is 2. The Hall–Kier alpha value is -0.780. The van der Waals surface area contributed by atoms with Crippen molar-refractivity contribution >= 4 is 69.0 Å². The van der Waals surface area contributed by atoms with Crippen LogP contribution >= 0.6 is 45.5 Å². The number of carbonyl (C=O) groups excluding carboxylic acids is 1. The van der Waals surface area contributed by atoms with Gasteiger partial charge in [0, 0.05) is 12.0 Å². The standard InChI is InChI=1S/C11H14I2N4O2/c1-2-9(14)16-17(6-12)8-4-3-7(5-18)10(15-13)11(8)19/h3-5,15,19H,2,6H2,1H3,(H2,14,16). The van der Waals surface area contributed by atoms with Crippen molar-refractivity contribution in [3.05, 3.63) is 17.7 Å². The van der Waals surface area contributed by atoms with E-state index in [9.17, 15) is 9.90 Å². The number of hydrogen-bond acceptors (Lipinski definition) is 5. The van der Waals surface area contributed by atoms with Gasteiger partial charge in [-0.15, -0.1) is 0 Å². The van der Waals surface area contributed by atoms with E-state index in [0.29, 0.717) is 40.0 Å². The second kappa shape index (κ2) is 7.72. The minimum Gasteiger partial charge on any atom is -0.504 e. The lowest BCUT2D eigenvalue weighted by atomic mass is 10.1. The number of carbonyl (C=O) groups is 1. The van der Waals surface area contributed by atoms with Crippen molar-refractivity contribution in [3.8, 4) is 5.75 Å². The number of anilines is 2. The lowest BCUT2D eigenvalue weighted by Gasteiger charge is -2.20. The summed E-state index contributed by atoms with van der Waals surface area (Å²) in [6, 6.07) is 3.27. The van der Waals surface area contributed by atoms with Crippen LogP contribution in [0, 0.1) is 0 Å². The molecule has 0 spiro atoms. The van der Waals surface area contributed by atoms with Crippen molar-refractivity contribution in [1.82, 2.24) is 0 Å². The van der Waals surface area contributed by atoms with Gasteiger partial charge in [-0.3, -0.25) is 9.80 Å². The quantitative estimate of drug-likeness (QED) is 0.0660. The number of aromatic hydroxyl groups is 1. The molecular formula is C11H14I2N4O2. The zero-order valence-electron chi connectivity index (χ0n) is 10.2. The highest BCUT2D eigenvalue weighted by atomic mass is 127. The largest absolute Gasteiger partial charge is 0.504 e. The van der Waals surface area contributed by atoms with Crippen molar-refractivity contribution in [3.63, 3.8) is 0 Å². The molecule has 0 saturated carbocycles. The SMILES string of the molecule is CC/C(N)=N/N(CI)c1ccc(C=O)c(NI)c1O. The van der Waals surface area contributed by atoms with Gasteiger partial charge in [0.1, 0.15) is 11.5 Å². The van der Waals surface area contributed by atoms with Crippen LogP contribution in [0.15, 0.2) is 17.2 Å². The molecule has 1 aromatic carbocycles. The van der Waals surface area contributed by atoms with E-state index in [1.807, 2.05) is 29.8 Å². The fraction of sp³-hybridized carbons (Fsp3) is 0.273. The Morgan fingerprint density at radius 1 is 1.63 bits per heavy atom. The first-order valence-corrected chi connectivity index (χ1v) is 8.03. The number of hydrogen-bond donors (Lipinski definition) is 3. The average Bonchev–Trinajstić information content (AvgIpc) is 2.44. The van der Waals surface area contributed by atoms with E-state index in [-0.39, 0.29) is 5.75 Å². The van der Waals surface area contributed by atoms with Crippen LogP contribution in [0.4, 0.5) is 11.4 Å². The van der Waals surface area contributed by atoms with Gasteiger partial charge in [-0.05, 0) is 12.1 Å². The van der Waals surface area contributed by atoms with Gasteiger partial charge in [0.25, 0.3) is 0 Å². The van der Waals surface area contributed by atoms with Gasteiger partial charge >= 0.3 is 0 Å². The Balaban J connectivity index is 3.29. The molecule has 0 unspecified atom stereocenters. The number of amidine groups is 1. The highest BCUT2D eigenvalue weighted by Crippen LogP contribution is 2.38. The number of alkyl halides is 1. The topological polar surface area (TPSA) is 91.0 Å². The van der Waals surface area contributed by atoms with E-state index in [4.69, 9.17) is 5.73 Å². The number of rotatable bonds is 6. The van der Waals surface area contributed by atoms with Gasteiger partial charge in [0.2, 0.25) is 0 Å². The molecule has 0 bridgehead atoms. The molecular weight excluding hydrogens is 474 g/mol. The van der Waals surface area contributed by atoms with E-state index < -0.39 is 0 Å². The summed E-state index contributed by atoms with van der Waals surface area (Å²) in [5.41, 5.74) is 6.96. The number of nitrogens with two attached hydrogens (primary N) is 1. The molecule has 8 heteroatoms. The number of phenolic OH excluding ortho intramolecular Hbond substituents is 1. The monoisotopic (exact) mass is 488 g/mol. The Morgan fingerprint density at radius 3 is 2.79 bits per heavy atom. The number of phenols is 1. The van der Waals surface area contributed by atoms with E-state index in [1.54, 1.807) is 17.1 Å². The Bertz CT molecular complexity index is 494. The van der Waals surface area contributed by atoms with Gasteiger partial charge in [-0.1, -0.05) is 29.5 Å². The number of benzene rings is 1. The zero-order valence-corrected chi connectivity index (χ0v) is 14.5. The minimum absolute atomic E-state index is 0.0247. The predicted molar refractivity (Wildman–Crippen MR) is 94.4 cm³/mol. The first-order valence-electron chi connectivity index (χ1n) is 5.43. The van der Waals surface area contributed by atoms with Crippen molar-refractivity contribution < 1.29 is 9.90 Å². The molecule has 4 N–H and O–H groups in total. The van der Waals surface area contributed by atoms with E-state index in [2.05, 4.69) is 31.2 Å². The molecule has 0 atom stereocenters. The highest BCUT2D eigenvalue weighted by molar-refractivity contribution is 14.1. The second-order valence-corrected chi connectivity index (χ2v) is 4.80. The Morgan fingerprint density at radius 2 is 2.32 bits per heavy atom. The number of nitrogens with zero attached hydrogens (tertiary/aromatic N) is 2. The molecule has 0 amide bonds. The molecule has 0 heterocycles. The third kappa shape index (κ3) is 3.84. The number of nitrogens with one attached hydrogen (secondary N) is 1. The first-order chi connectivity index (χ1) is 9.08. The lowest BCUT2D eigenvalue weighted by molar-refractivity contribution is 0.112. The van der Waals surface area contributed by atoms with Crippen LogP contribution in [0.3, 0.4) is 0 Å². The van der Waals surface area contributed by atoms with Crippen molar-refractivity contribution in [1.29, 1.82) is 0 Å². The molecule has 1 aromatic rings. The van der Waals surface area contributed by atoms with E-state index in [1.165, 1.54) is 0 Å². The zero-order chi connectivity index (χ0) is 14.4. The molecule has 0 aromatic heterocycles. The molecule has 0 saturated heterocycles. The van der Waals surface area contributed by atoms with Crippen molar-refractivity contribution in [2.45, 2.75) is 13.3 Å². The van der Waals surface area contributed by atoms with Gasteiger partial charge in [-0.2, -0.15) is 5.10 Å². The molecule has 104 valence electrons. The molecule has 6 nitrogen and oxygen atoms in total. The van der Waals surface area contributed by atoms with Gasteiger partial charge < -0.3 is 14.4 Å². The molecule has 0 aliphatic rings. The fourth-order valence-corrected chi connectivity index (χ4v) is 2.46. The third-order valence-corrected chi connectivity index (χ3v) is 3.60. The lowest BCUT2D eigenvalue weighted by Crippen LogP contribution is -2.21. The van der Waals surface area contributed by atoms with Crippen LogP contribution in [0.25, 0.3) is 0 Å².